The predicted octanol–water partition coefficient (Wildman–Crippen LogP) is 7.62. The summed E-state index contributed by atoms with van der Waals surface area (Å²) in [6.07, 6.45) is 4.43. The predicted molar refractivity (Wildman–Crippen MR) is 152 cm³/mol. The average molecular weight is 547 g/mol. The van der Waals surface area contributed by atoms with Crippen molar-refractivity contribution in [3.05, 3.63) is 0 Å². The third-order valence-electron chi connectivity index (χ3n) is 3.29. The van der Waals surface area contributed by atoms with Crippen LogP contribution in [0.25, 0.3) is 0 Å². The molecule has 3 rings (SSSR count). The molecule has 0 saturated heterocycles. The van der Waals surface area contributed by atoms with Crippen molar-refractivity contribution in [1.29, 1.82) is 5.41 Å². The van der Waals surface area contributed by atoms with Crippen LogP contribution in [0.3, 0.4) is 0 Å². The van der Waals surface area contributed by atoms with E-state index in [1.807, 2.05) is 48.5 Å². The lowest BCUT2D eigenvalue weighted by atomic mass is 10.0. The molecular formula is C22H52BrN5O3S. The van der Waals surface area contributed by atoms with Crippen molar-refractivity contribution in [3.63, 3.8) is 0 Å². The molecule has 0 radical (unpaired) electrons. The highest BCUT2D eigenvalue weighted by Crippen LogP contribution is 2.27. The molecular weight excluding hydrogens is 494 g/mol. The van der Waals surface area contributed by atoms with Gasteiger partial charge in [0.25, 0.3) is 0 Å². The number of nitrogens with one attached hydrogen (secondary N) is 1. The molecule has 0 aromatic rings. The normalized spacial score (nSPS) is 18.7. The monoisotopic (exact) mass is 545 g/mol. The third kappa shape index (κ3) is 19.4. The van der Waals surface area contributed by atoms with E-state index >= 15 is 0 Å². The lowest BCUT2D eigenvalue weighted by Crippen LogP contribution is -2.19. The second-order valence-corrected chi connectivity index (χ2v) is 9.29. The molecule has 0 aliphatic carbocycles. The first-order chi connectivity index (χ1) is 11.8. The van der Waals surface area contributed by atoms with E-state index in [1.165, 1.54) is 0 Å². The Kier molecular flexibility index (Phi) is 25.2. The number of hydrogen-bond donors (Lipinski definition) is 2. The highest BCUT2D eigenvalue weighted by Gasteiger charge is 2.29. The van der Waals surface area contributed by atoms with Gasteiger partial charge in [0.15, 0.2) is 5.17 Å². The Bertz CT molecular complexity index is 596. The average Bonchev–Trinajstić information content (AvgIpc) is 3.10. The molecule has 0 fully saturated rings. The second-order valence-electron chi connectivity index (χ2n) is 8.18. The fourth-order valence-corrected chi connectivity index (χ4v) is 2.89. The molecule has 10 heteroatoms. The standard InChI is InChI=1S/C6H11N3OS.C6H11NO.C5H9NO.5CH4.BrH/c1-6(2)3-4(9-10-6)11-5(7)8;1-5-4-6(2,3)8-7-5;1-5(2)3-4-6-7-5;;;;;;/h3H2,1-2H3,(H3,7,8);4H2,1-3H3;4H,3H2,1-2H3;5*1H4;1H. The van der Waals surface area contributed by atoms with Crippen molar-refractivity contribution >= 4 is 50.9 Å². The maximum atomic E-state index is 6.99. The van der Waals surface area contributed by atoms with E-state index in [2.05, 4.69) is 15.5 Å². The molecule has 0 atom stereocenters. The molecule has 3 aliphatic rings. The maximum Gasteiger partial charge on any atom is 0.157 e. The van der Waals surface area contributed by atoms with Crippen LogP contribution in [-0.4, -0.2) is 38.9 Å². The van der Waals surface area contributed by atoms with Gasteiger partial charge in [-0.05, 0) is 60.2 Å². The highest BCUT2D eigenvalue weighted by molar-refractivity contribution is 8.93. The Labute approximate surface area is 213 Å². The number of amidine groups is 1. The fourth-order valence-electron chi connectivity index (χ4n) is 2.14. The summed E-state index contributed by atoms with van der Waals surface area (Å²) in [7, 11) is 0. The van der Waals surface area contributed by atoms with Gasteiger partial charge < -0.3 is 20.2 Å². The van der Waals surface area contributed by atoms with E-state index in [4.69, 9.17) is 25.7 Å². The molecule has 8 nitrogen and oxygen atoms in total. The summed E-state index contributed by atoms with van der Waals surface area (Å²) in [6, 6.07) is 0. The Balaban J connectivity index is -0.0000000739. The number of rotatable bonds is 0. The molecule has 0 spiro atoms. The van der Waals surface area contributed by atoms with Crippen LogP contribution in [0, 0.1) is 5.41 Å². The summed E-state index contributed by atoms with van der Waals surface area (Å²) in [5.41, 5.74) is 5.97. The van der Waals surface area contributed by atoms with E-state index in [1.54, 1.807) is 6.21 Å². The van der Waals surface area contributed by atoms with E-state index in [0.29, 0.717) is 0 Å². The van der Waals surface area contributed by atoms with Crippen molar-refractivity contribution in [2.24, 2.45) is 21.2 Å². The van der Waals surface area contributed by atoms with Crippen LogP contribution in [0.15, 0.2) is 15.5 Å². The first-order valence-electron chi connectivity index (χ1n) is 8.49. The van der Waals surface area contributed by atoms with Gasteiger partial charge in [-0.2, -0.15) is 0 Å². The van der Waals surface area contributed by atoms with Gasteiger partial charge >= 0.3 is 0 Å². The quantitative estimate of drug-likeness (QED) is 0.240. The zero-order valence-corrected chi connectivity index (χ0v) is 19.7. The Hall–Kier alpha value is -1.29. The van der Waals surface area contributed by atoms with Crippen molar-refractivity contribution in [1.82, 2.24) is 0 Å². The van der Waals surface area contributed by atoms with Crippen LogP contribution in [0.4, 0.5) is 0 Å². The van der Waals surface area contributed by atoms with E-state index in [0.717, 1.165) is 41.8 Å². The van der Waals surface area contributed by atoms with Gasteiger partial charge in [-0.1, -0.05) is 52.6 Å². The van der Waals surface area contributed by atoms with Gasteiger partial charge in [0, 0.05) is 25.5 Å². The number of nitrogens with two attached hydrogens (primary N) is 1. The van der Waals surface area contributed by atoms with E-state index in [9.17, 15) is 0 Å². The summed E-state index contributed by atoms with van der Waals surface area (Å²) >= 11 is 1.15. The second kappa shape index (κ2) is 18.2. The first kappa shape index (κ1) is 44.4. The Morgan fingerprint density at radius 1 is 0.875 bits per heavy atom. The molecule has 3 N–H and O–H groups in total. The summed E-state index contributed by atoms with van der Waals surface area (Å²) in [5.74, 6) is 0. The number of thioether (sulfide) groups is 1. The minimum absolute atomic E-state index is 0. The van der Waals surface area contributed by atoms with Crippen LogP contribution >= 0.6 is 28.7 Å². The van der Waals surface area contributed by atoms with Crippen molar-refractivity contribution < 1.29 is 14.5 Å². The Morgan fingerprint density at radius 2 is 1.34 bits per heavy atom. The van der Waals surface area contributed by atoms with Gasteiger partial charge in [0.2, 0.25) is 0 Å². The molecule has 0 bridgehead atoms. The third-order valence-corrected chi connectivity index (χ3v) is 3.96. The molecule has 0 saturated carbocycles. The molecule has 3 heterocycles. The van der Waals surface area contributed by atoms with Crippen LogP contribution in [0.1, 0.15) is 105 Å². The van der Waals surface area contributed by atoms with Crippen molar-refractivity contribution in [2.75, 3.05) is 0 Å². The minimum Gasteiger partial charge on any atom is -0.390 e. The zero-order valence-electron chi connectivity index (χ0n) is 17.2. The molecule has 3 aliphatic heterocycles. The van der Waals surface area contributed by atoms with Gasteiger partial charge in [-0.15, -0.1) is 17.0 Å². The minimum atomic E-state index is -0.224. The van der Waals surface area contributed by atoms with Crippen LogP contribution in [-0.2, 0) is 14.5 Å². The summed E-state index contributed by atoms with van der Waals surface area (Å²) in [5, 5.41) is 19.0. The summed E-state index contributed by atoms with van der Waals surface area (Å²) in [4.78, 5) is 15.0. The first-order valence-corrected chi connectivity index (χ1v) is 9.30. The van der Waals surface area contributed by atoms with Crippen LogP contribution in [0.2, 0.25) is 0 Å². The Morgan fingerprint density at radius 3 is 1.53 bits per heavy atom. The molecule has 0 amide bonds. The van der Waals surface area contributed by atoms with Crippen molar-refractivity contribution in [2.45, 2.75) is 122 Å². The molecule has 32 heavy (non-hydrogen) atoms. The van der Waals surface area contributed by atoms with Gasteiger partial charge in [0.05, 0.1) is 5.71 Å². The van der Waals surface area contributed by atoms with Crippen LogP contribution in [0.5, 0.6) is 0 Å². The highest BCUT2D eigenvalue weighted by atomic mass is 79.9. The van der Waals surface area contributed by atoms with Gasteiger partial charge in [-0.25, -0.2) is 0 Å². The molecule has 0 aromatic carbocycles. The maximum absolute atomic E-state index is 6.99. The lowest BCUT2D eigenvalue weighted by Gasteiger charge is -2.12. The van der Waals surface area contributed by atoms with Crippen LogP contribution < -0.4 is 5.73 Å². The molecule has 0 aromatic heterocycles. The topological polar surface area (TPSA) is 115 Å². The van der Waals surface area contributed by atoms with E-state index < -0.39 is 0 Å². The number of nitrogens with zero attached hydrogens (tertiary/aromatic N) is 3. The van der Waals surface area contributed by atoms with Gasteiger partial charge in [0.1, 0.15) is 21.8 Å². The smallest absolute Gasteiger partial charge is 0.157 e. The summed E-state index contributed by atoms with van der Waals surface area (Å²) < 4.78 is 0. The SMILES string of the molecule is Br.C.C.C.C.C.CC1(C)CC(SC(=N)N)=NO1.CC1(C)CC=NO1.CC1=NOC(C)(C)C1. The fraction of sp³-hybridized carbons (Fsp3) is 0.818. The number of hydrogen-bond acceptors (Lipinski definition) is 8. The molecule has 196 valence electrons. The summed E-state index contributed by atoms with van der Waals surface area (Å²) in [6.45, 7) is 14.0. The van der Waals surface area contributed by atoms with E-state index in [-0.39, 0.29) is 76.1 Å². The van der Waals surface area contributed by atoms with Gasteiger partial charge in [-0.3, -0.25) is 5.41 Å². The number of oxime groups is 3. The number of halogens is 1. The molecule has 0 unspecified atom stereocenters. The lowest BCUT2D eigenvalue weighted by molar-refractivity contribution is 0.0120. The van der Waals surface area contributed by atoms with Crippen molar-refractivity contribution in [3.8, 4) is 0 Å². The largest absolute Gasteiger partial charge is 0.390 e. The zero-order chi connectivity index (χ0) is 20.0.